The Morgan fingerprint density at radius 1 is 1.00 bits per heavy atom. The zero-order valence-electron chi connectivity index (χ0n) is 10.8. The molecule has 18 heavy (non-hydrogen) atoms. The molecule has 0 aliphatic rings. The number of halogens is 1. The maximum atomic E-state index is 6.49. The maximum Gasteiger partial charge on any atom is 0.0481 e. The first-order valence-electron chi connectivity index (χ1n) is 5.88. The summed E-state index contributed by atoms with van der Waals surface area (Å²) in [7, 11) is 0. The minimum atomic E-state index is -0.400. The molecule has 0 aliphatic carbocycles. The molecular weight excluding hydrogens is 242 g/mol. The quantitative estimate of drug-likeness (QED) is 0.735. The van der Waals surface area contributed by atoms with E-state index < -0.39 is 5.54 Å². The minimum absolute atomic E-state index is 0. The predicted octanol–water partition coefficient (Wildman–Crippen LogP) is 4.14. The SMILES string of the molecule is C=CCc1ccccc1C(N)(CC=C)CC=C.Cl. The highest BCUT2D eigenvalue weighted by molar-refractivity contribution is 5.85. The Balaban J connectivity index is 0.00000289. The molecule has 98 valence electrons. The molecule has 1 aromatic carbocycles. The standard InChI is InChI=1S/C16H21N.ClH/c1-4-9-14-10-7-8-11-15(14)16(17,12-5-2)13-6-3;/h4-8,10-11H,1-3,9,12-13,17H2;1H. The molecule has 1 aromatic rings. The lowest BCUT2D eigenvalue weighted by molar-refractivity contribution is 0.453. The summed E-state index contributed by atoms with van der Waals surface area (Å²) in [6.07, 6.45) is 7.97. The summed E-state index contributed by atoms with van der Waals surface area (Å²) in [4.78, 5) is 0. The van der Waals surface area contributed by atoms with E-state index in [0.29, 0.717) is 0 Å². The van der Waals surface area contributed by atoms with Gasteiger partial charge in [-0.15, -0.1) is 32.1 Å². The largest absolute Gasteiger partial charge is 0.321 e. The van der Waals surface area contributed by atoms with Crippen LogP contribution in [0.15, 0.2) is 62.2 Å². The highest BCUT2D eigenvalue weighted by Gasteiger charge is 2.26. The summed E-state index contributed by atoms with van der Waals surface area (Å²) in [5.74, 6) is 0. The van der Waals surface area contributed by atoms with Gasteiger partial charge in [0.2, 0.25) is 0 Å². The molecule has 0 saturated carbocycles. The highest BCUT2D eigenvalue weighted by Crippen LogP contribution is 2.30. The molecular formula is C16H22ClN. The van der Waals surface area contributed by atoms with Gasteiger partial charge in [-0.2, -0.15) is 0 Å². The average Bonchev–Trinajstić information content (AvgIpc) is 2.31. The van der Waals surface area contributed by atoms with Gasteiger partial charge in [-0.05, 0) is 30.4 Å². The van der Waals surface area contributed by atoms with Crippen LogP contribution < -0.4 is 5.73 Å². The third-order valence-corrected chi connectivity index (χ3v) is 2.94. The number of benzene rings is 1. The van der Waals surface area contributed by atoms with E-state index in [2.05, 4.69) is 31.9 Å². The molecule has 0 radical (unpaired) electrons. The topological polar surface area (TPSA) is 26.0 Å². The molecule has 0 saturated heterocycles. The Kier molecular flexibility index (Phi) is 7.33. The number of rotatable bonds is 7. The van der Waals surface area contributed by atoms with Crippen molar-refractivity contribution in [2.24, 2.45) is 5.73 Å². The highest BCUT2D eigenvalue weighted by atomic mass is 35.5. The van der Waals surface area contributed by atoms with Crippen molar-refractivity contribution in [2.45, 2.75) is 24.8 Å². The fraction of sp³-hybridized carbons (Fsp3) is 0.250. The fourth-order valence-electron chi connectivity index (χ4n) is 2.16. The molecule has 0 heterocycles. The molecule has 0 aliphatic heterocycles. The van der Waals surface area contributed by atoms with Crippen LogP contribution in [0.5, 0.6) is 0 Å². The number of hydrogen-bond acceptors (Lipinski definition) is 1. The van der Waals surface area contributed by atoms with Crippen molar-refractivity contribution < 1.29 is 0 Å². The van der Waals surface area contributed by atoms with E-state index in [4.69, 9.17) is 5.73 Å². The molecule has 0 fully saturated rings. The van der Waals surface area contributed by atoms with Crippen molar-refractivity contribution in [3.05, 3.63) is 73.4 Å². The second-order valence-electron chi connectivity index (χ2n) is 4.29. The van der Waals surface area contributed by atoms with Crippen LogP contribution in [0.2, 0.25) is 0 Å². The molecule has 0 unspecified atom stereocenters. The van der Waals surface area contributed by atoms with E-state index >= 15 is 0 Å². The molecule has 2 heteroatoms. The summed E-state index contributed by atoms with van der Waals surface area (Å²) in [5.41, 5.74) is 8.49. The lowest BCUT2D eigenvalue weighted by atomic mass is 9.81. The van der Waals surface area contributed by atoms with Gasteiger partial charge in [0.1, 0.15) is 0 Å². The van der Waals surface area contributed by atoms with Gasteiger partial charge in [0, 0.05) is 5.54 Å². The number of nitrogens with two attached hydrogens (primary N) is 1. The van der Waals surface area contributed by atoms with E-state index in [1.54, 1.807) is 0 Å². The summed E-state index contributed by atoms with van der Waals surface area (Å²) in [6, 6.07) is 8.25. The van der Waals surface area contributed by atoms with E-state index in [0.717, 1.165) is 19.3 Å². The molecule has 2 N–H and O–H groups in total. The van der Waals surface area contributed by atoms with Gasteiger partial charge in [0.25, 0.3) is 0 Å². The summed E-state index contributed by atoms with van der Waals surface area (Å²) in [5, 5.41) is 0. The predicted molar refractivity (Wildman–Crippen MR) is 83.1 cm³/mol. The lowest BCUT2D eigenvalue weighted by Gasteiger charge is -2.30. The first-order chi connectivity index (χ1) is 8.18. The van der Waals surface area contributed by atoms with Crippen LogP contribution in [0.25, 0.3) is 0 Å². The van der Waals surface area contributed by atoms with Gasteiger partial charge in [0.15, 0.2) is 0 Å². The number of hydrogen-bond donors (Lipinski definition) is 1. The summed E-state index contributed by atoms with van der Waals surface area (Å²) in [6.45, 7) is 11.4. The van der Waals surface area contributed by atoms with E-state index in [-0.39, 0.29) is 12.4 Å². The van der Waals surface area contributed by atoms with E-state index in [9.17, 15) is 0 Å². The molecule has 0 aromatic heterocycles. The Labute approximate surface area is 117 Å². The molecule has 0 spiro atoms. The van der Waals surface area contributed by atoms with Crippen LogP contribution in [0.4, 0.5) is 0 Å². The molecule has 0 atom stereocenters. The van der Waals surface area contributed by atoms with Crippen molar-refractivity contribution in [3.8, 4) is 0 Å². The monoisotopic (exact) mass is 263 g/mol. The molecule has 1 rings (SSSR count). The van der Waals surface area contributed by atoms with Crippen molar-refractivity contribution in [2.75, 3.05) is 0 Å². The minimum Gasteiger partial charge on any atom is -0.321 e. The van der Waals surface area contributed by atoms with Crippen LogP contribution >= 0.6 is 12.4 Å². The Hall–Kier alpha value is -1.31. The van der Waals surface area contributed by atoms with Crippen LogP contribution in [0.1, 0.15) is 24.0 Å². The Bertz CT molecular complexity index is 399. The van der Waals surface area contributed by atoms with E-state index in [1.807, 2.05) is 30.4 Å². The normalized spacial score (nSPS) is 10.3. The summed E-state index contributed by atoms with van der Waals surface area (Å²) < 4.78 is 0. The second-order valence-corrected chi connectivity index (χ2v) is 4.29. The number of allylic oxidation sites excluding steroid dienone is 1. The van der Waals surface area contributed by atoms with Gasteiger partial charge in [-0.3, -0.25) is 0 Å². The third kappa shape index (κ3) is 3.86. The second kappa shape index (κ2) is 7.91. The van der Waals surface area contributed by atoms with Crippen LogP contribution in [0.3, 0.4) is 0 Å². The van der Waals surface area contributed by atoms with Crippen molar-refractivity contribution in [3.63, 3.8) is 0 Å². The van der Waals surface area contributed by atoms with Crippen molar-refractivity contribution in [1.82, 2.24) is 0 Å². The lowest BCUT2D eigenvalue weighted by Crippen LogP contribution is -2.36. The maximum absolute atomic E-state index is 6.49. The average molecular weight is 264 g/mol. The van der Waals surface area contributed by atoms with Crippen molar-refractivity contribution in [1.29, 1.82) is 0 Å². The van der Waals surface area contributed by atoms with Crippen LogP contribution in [0, 0.1) is 0 Å². The molecule has 0 amide bonds. The zero-order chi connectivity index (χ0) is 12.7. The van der Waals surface area contributed by atoms with Gasteiger partial charge >= 0.3 is 0 Å². The first kappa shape index (κ1) is 16.7. The first-order valence-corrected chi connectivity index (χ1v) is 5.88. The van der Waals surface area contributed by atoms with Gasteiger partial charge in [0.05, 0.1) is 0 Å². The summed E-state index contributed by atoms with van der Waals surface area (Å²) >= 11 is 0. The van der Waals surface area contributed by atoms with Gasteiger partial charge in [-0.25, -0.2) is 0 Å². The zero-order valence-corrected chi connectivity index (χ0v) is 11.6. The van der Waals surface area contributed by atoms with Gasteiger partial charge in [-0.1, -0.05) is 42.5 Å². The third-order valence-electron chi connectivity index (χ3n) is 2.94. The Morgan fingerprint density at radius 2 is 1.56 bits per heavy atom. The van der Waals surface area contributed by atoms with Crippen LogP contribution in [-0.4, -0.2) is 0 Å². The van der Waals surface area contributed by atoms with E-state index in [1.165, 1.54) is 11.1 Å². The Morgan fingerprint density at radius 3 is 2.06 bits per heavy atom. The van der Waals surface area contributed by atoms with Crippen molar-refractivity contribution >= 4 is 12.4 Å². The fourth-order valence-corrected chi connectivity index (χ4v) is 2.16. The molecule has 1 nitrogen and oxygen atoms in total. The smallest absolute Gasteiger partial charge is 0.0481 e. The molecule has 0 bridgehead atoms. The van der Waals surface area contributed by atoms with Gasteiger partial charge < -0.3 is 5.73 Å². The van der Waals surface area contributed by atoms with Crippen LogP contribution in [-0.2, 0) is 12.0 Å².